The van der Waals surface area contributed by atoms with Crippen LogP contribution in [0.4, 0.5) is 0 Å². The second-order valence-corrected chi connectivity index (χ2v) is 4.48. The third-order valence-electron chi connectivity index (χ3n) is 1.60. The van der Waals surface area contributed by atoms with Gasteiger partial charge in [0.2, 0.25) is 0 Å². The fraction of sp³-hybridized carbons (Fsp3) is 0.444. The van der Waals surface area contributed by atoms with Crippen LogP contribution in [0.25, 0.3) is 0 Å². The van der Waals surface area contributed by atoms with Crippen LogP contribution in [0.1, 0.15) is 35.9 Å². The first-order valence-corrected chi connectivity index (χ1v) is 5.68. The van der Waals surface area contributed by atoms with Crippen LogP contribution in [0, 0.1) is 0 Å². The normalized spacial score (nSPS) is 10.2. The van der Waals surface area contributed by atoms with Gasteiger partial charge < -0.3 is 0 Å². The summed E-state index contributed by atoms with van der Waals surface area (Å²) in [7, 11) is 0. The van der Waals surface area contributed by atoms with Crippen molar-refractivity contribution in [2.45, 2.75) is 26.2 Å². The molecule has 0 atom stereocenters. The van der Waals surface area contributed by atoms with E-state index in [2.05, 4.69) is 22.9 Å². The Labute approximate surface area is 84.9 Å². The summed E-state index contributed by atoms with van der Waals surface area (Å²) in [5, 5.41) is 1.94. The predicted octanol–water partition coefficient (Wildman–Crippen LogP) is 3.88. The summed E-state index contributed by atoms with van der Waals surface area (Å²) in [5.74, 6) is 0.271. The van der Waals surface area contributed by atoms with Crippen LogP contribution in [0.5, 0.6) is 0 Å². The number of thiophene rings is 1. The van der Waals surface area contributed by atoms with Crippen molar-refractivity contribution < 1.29 is 4.79 Å². The lowest BCUT2D eigenvalue weighted by Gasteiger charge is -1.93. The van der Waals surface area contributed by atoms with Crippen molar-refractivity contribution >= 4 is 33.0 Å². The summed E-state index contributed by atoms with van der Waals surface area (Å²) >= 11 is 4.84. The van der Waals surface area contributed by atoms with Crippen molar-refractivity contribution in [3.8, 4) is 0 Å². The van der Waals surface area contributed by atoms with Crippen LogP contribution in [-0.4, -0.2) is 5.78 Å². The van der Waals surface area contributed by atoms with Gasteiger partial charge in [0.15, 0.2) is 5.78 Å². The molecule has 0 N–H and O–H groups in total. The number of ketones is 1. The summed E-state index contributed by atoms with van der Waals surface area (Å²) in [6.07, 6.45) is 2.76. The molecule has 0 saturated heterocycles. The van der Waals surface area contributed by atoms with E-state index in [1.165, 1.54) is 11.3 Å². The predicted molar refractivity (Wildman–Crippen MR) is 55.9 cm³/mol. The highest BCUT2D eigenvalue weighted by molar-refractivity contribution is 9.10. The summed E-state index contributed by atoms with van der Waals surface area (Å²) in [6, 6.07) is 1.89. The first-order valence-electron chi connectivity index (χ1n) is 4.01. The Morgan fingerprint density at radius 3 is 2.92 bits per heavy atom. The van der Waals surface area contributed by atoms with Crippen molar-refractivity contribution in [1.29, 1.82) is 0 Å². The summed E-state index contributed by atoms with van der Waals surface area (Å²) in [5.41, 5.74) is 0. The fourth-order valence-electron chi connectivity index (χ4n) is 0.920. The summed E-state index contributed by atoms with van der Waals surface area (Å²) in [4.78, 5) is 12.3. The number of hydrogen-bond acceptors (Lipinski definition) is 2. The zero-order valence-electron chi connectivity index (χ0n) is 6.97. The summed E-state index contributed by atoms with van der Waals surface area (Å²) in [6.45, 7) is 2.09. The largest absolute Gasteiger partial charge is 0.293 e. The van der Waals surface area contributed by atoms with E-state index in [-0.39, 0.29) is 5.78 Å². The molecule has 0 aromatic carbocycles. The van der Waals surface area contributed by atoms with Crippen molar-refractivity contribution in [3.63, 3.8) is 0 Å². The van der Waals surface area contributed by atoms with Crippen LogP contribution in [0.15, 0.2) is 15.9 Å². The molecule has 1 heterocycles. The van der Waals surface area contributed by atoms with Gasteiger partial charge in [-0.3, -0.25) is 4.79 Å². The monoisotopic (exact) mass is 246 g/mol. The van der Waals surface area contributed by atoms with Gasteiger partial charge in [-0.2, -0.15) is 0 Å². The minimum Gasteiger partial charge on any atom is -0.293 e. The Kier molecular flexibility index (Phi) is 3.95. The van der Waals surface area contributed by atoms with Gasteiger partial charge in [-0.1, -0.05) is 13.3 Å². The number of halogens is 1. The highest BCUT2D eigenvalue weighted by Crippen LogP contribution is 2.21. The Balaban J connectivity index is 2.53. The van der Waals surface area contributed by atoms with Crippen LogP contribution >= 0.6 is 27.3 Å². The molecule has 0 aliphatic rings. The number of hydrogen-bond donors (Lipinski definition) is 0. The van der Waals surface area contributed by atoms with Crippen LogP contribution in [0.2, 0.25) is 0 Å². The van der Waals surface area contributed by atoms with Gasteiger partial charge in [-0.25, -0.2) is 0 Å². The molecule has 0 fully saturated rings. The minimum atomic E-state index is 0.271. The number of Topliss-reactive ketones (excluding diaryl/α,β-unsaturated/α-hetero) is 1. The molecular formula is C9H11BrOS. The molecule has 66 valence electrons. The Morgan fingerprint density at radius 1 is 1.67 bits per heavy atom. The Hall–Kier alpha value is -0.150. The zero-order valence-corrected chi connectivity index (χ0v) is 9.37. The molecule has 0 amide bonds. The molecule has 0 aliphatic carbocycles. The van der Waals surface area contributed by atoms with E-state index in [4.69, 9.17) is 0 Å². The van der Waals surface area contributed by atoms with E-state index in [0.29, 0.717) is 6.42 Å². The maximum Gasteiger partial charge on any atom is 0.172 e. The smallest absolute Gasteiger partial charge is 0.172 e. The molecule has 1 aromatic rings. The molecule has 0 aliphatic heterocycles. The third-order valence-corrected chi connectivity index (χ3v) is 3.33. The Morgan fingerprint density at radius 2 is 2.42 bits per heavy atom. The molecule has 0 spiro atoms. The van der Waals surface area contributed by atoms with Gasteiger partial charge in [0.05, 0.1) is 4.88 Å². The van der Waals surface area contributed by atoms with Crippen molar-refractivity contribution in [2.75, 3.05) is 0 Å². The molecule has 0 unspecified atom stereocenters. The maximum absolute atomic E-state index is 11.4. The van der Waals surface area contributed by atoms with Gasteiger partial charge in [-0.05, 0) is 28.4 Å². The molecule has 0 saturated carbocycles. The molecule has 0 bridgehead atoms. The molecular weight excluding hydrogens is 236 g/mol. The minimum absolute atomic E-state index is 0.271. The van der Waals surface area contributed by atoms with Gasteiger partial charge in [-0.15, -0.1) is 11.3 Å². The molecule has 1 rings (SSSR count). The lowest BCUT2D eigenvalue weighted by Crippen LogP contribution is -1.94. The molecule has 12 heavy (non-hydrogen) atoms. The number of unbranched alkanes of at least 4 members (excludes halogenated alkanes) is 1. The molecule has 0 radical (unpaired) electrons. The van der Waals surface area contributed by atoms with Crippen LogP contribution in [-0.2, 0) is 0 Å². The van der Waals surface area contributed by atoms with Gasteiger partial charge in [0, 0.05) is 16.3 Å². The first kappa shape index (κ1) is 9.93. The molecule has 3 heteroatoms. The lowest BCUT2D eigenvalue weighted by molar-refractivity contribution is 0.0983. The Bertz CT molecular complexity index is 267. The third kappa shape index (κ3) is 2.72. The summed E-state index contributed by atoms with van der Waals surface area (Å²) < 4.78 is 1.01. The van der Waals surface area contributed by atoms with Crippen LogP contribution < -0.4 is 0 Å². The number of carbonyl (C=O) groups is 1. The van der Waals surface area contributed by atoms with E-state index >= 15 is 0 Å². The van der Waals surface area contributed by atoms with Gasteiger partial charge in [0.25, 0.3) is 0 Å². The van der Waals surface area contributed by atoms with Crippen molar-refractivity contribution in [1.82, 2.24) is 0 Å². The second-order valence-electron chi connectivity index (χ2n) is 2.66. The lowest BCUT2D eigenvalue weighted by atomic mass is 10.2. The average Bonchev–Trinajstić information content (AvgIpc) is 2.47. The quantitative estimate of drug-likeness (QED) is 0.738. The fourth-order valence-corrected chi connectivity index (χ4v) is 2.32. The van der Waals surface area contributed by atoms with Crippen LogP contribution in [0.3, 0.4) is 0 Å². The standard InChI is InChI=1S/C9H11BrOS/c1-2-3-4-8(11)9-5-7(10)6-12-9/h5-6H,2-4H2,1H3. The van der Waals surface area contributed by atoms with E-state index in [9.17, 15) is 4.79 Å². The van der Waals surface area contributed by atoms with Crippen molar-refractivity contribution in [3.05, 3.63) is 20.8 Å². The first-order chi connectivity index (χ1) is 5.74. The molecule has 1 nitrogen and oxygen atoms in total. The number of rotatable bonds is 4. The highest BCUT2D eigenvalue weighted by atomic mass is 79.9. The zero-order chi connectivity index (χ0) is 8.97. The van der Waals surface area contributed by atoms with Gasteiger partial charge in [0.1, 0.15) is 0 Å². The maximum atomic E-state index is 11.4. The highest BCUT2D eigenvalue weighted by Gasteiger charge is 2.06. The van der Waals surface area contributed by atoms with Gasteiger partial charge >= 0.3 is 0 Å². The average molecular weight is 247 g/mol. The van der Waals surface area contributed by atoms with E-state index in [1.54, 1.807) is 0 Å². The molecule has 1 aromatic heterocycles. The van der Waals surface area contributed by atoms with E-state index < -0.39 is 0 Å². The SMILES string of the molecule is CCCCC(=O)c1cc(Br)cs1. The number of carbonyl (C=O) groups excluding carboxylic acids is 1. The van der Waals surface area contributed by atoms with Crippen molar-refractivity contribution in [2.24, 2.45) is 0 Å². The second kappa shape index (κ2) is 4.77. The van der Waals surface area contributed by atoms with E-state index in [1.807, 2.05) is 11.4 Å². The topological polar surface area (TPSA) is 17.1 Å². The van der Waals surface area contributed by atoms with E-state index in [0.717, 1.165) is 22.2 Å².